The molecule has 102 valence electrons. The minimum Gasteiger partial charge on any atom is -0.384 e. The fourth-order valence-corrected chi connectivity index (χ4v) is 2.45. The number of hydrogen-bond donors (Lipinski definition) is 2. The van der Waals surface area contributed by atoms with Gasteiger partial charge in [-0.3, -0.25) is 4.79 Å². The first-order valence-corrected chi connectivity index (χ1v) is 7.21. The highest BCUT2D eigenvalue weighted by atomic mass is 35.5. The summed E-state index contributed by atoms with van der Waals surface area (Å²) in [4.78, 5) is 11.9. The summed E-state index contributed by atoms with van der Waals surface area (Å²) in [5, 5.41) is 15.8. The third-order valence-electron chi connectivity index (χ3n) is 2.50. The molecule has 0 aliphatic heterocycles. The van der Waals surface area contributed by atoms with Crippen LogP contribution < -0.4 is 5.32 Å². The normalized spacial score (nSPS) is 9.70. The standard InChI is InChI=1S/C15H12ClNO2S/c16-13-4-3-11(2-1-6-18)8-14(13)17-15(19)9-12-5-7-20-10-12/h3-5,7-8,10,18H,6,9H2,(H,17,19). The second kappa shape index (κ2) is 7.11. The second-order valence-corrected chi connectivity index (χ2v) is 5.20. The molecular formula is C15H12ClNO2S. The van der Waals surface area contributed by atoms with Gasteiger partial charge in [-0.25, -0.2) is 0 Å². The Kier molecular flexibility index (Phi) is 5.19. The zero-order valence-electron chi connectivity index (χ0n) is 10.5. The van der Waals surface area contributed by atoms with Crippen LogP contribution in [0.4, 0.5) is 5.69 Å². The smallest absolute Gasteiger partial charge is 0.228 e. The molecule has 0 aliphatic rings. The Morgan fingerprint density at radius 3 is 2.95 bits per heavy atom. The van der Waals surface area contributed by atoms with Gasteiger partial charge in [-0.2, -0.15) is 11.3 Å². The van der Waals surface area contributed by atoms with Gasteiger partial charge in [0.15, 0.2) is 0 Å². The van der Waals surface area contributed by atoms with Crippen molar-refractivity contribution in [1.29, 1.82) is 0 Å². The Balaban J connectivity index is 2.09. The van der Waals surface area contributed by atoms with E-state index in [9.17, 15) is 4.79 Å². The van der Waals surface area contributed by atoms with Crippen LogP contribution in [0.15, 0.2) is 35.0 Å². The molecule has 1 aromatic carbocycles. The van der Waals surface area contributed by atoms with E-state index in [1.165, 1.54) is 0 Å². The van der Waals surface area contributed by atoms with Crippen LogP contribution in [0.1, 0.15) is 11.1 Å². The van der Waals surface area contributed by atoms with Crippen molar-refractivity contribution in [1.82, 2.24) is 0 Å². The number of thiophene rings is 1. The van der Waals surface area contributed by atoms with Gasteiger partial charge in [-0.1, -0.05) is 23.4 Å². The lowest BCUT2D eigenvalue weighted by molar-refractivity contribution is -0.115. The van der Waals surface area contributed by atoms with Gasteiger partial charge in [-0.15, -0.1) is 0 Å². The molecule has 0 saturated heterocycles. The van der Waals surface area contributed by atoms with Crippen molar-refractivity contribution < 1.29 is 9.90 Å². The Hall–Kier alpha value is -1.80. The highest BCUT2D eigenvalue weighted by Gasteiger charge is 2.07. The molecule has 0 spiro atoms. The monoisotopic (exact) mass is 305 g/mol. The lowest BCUT2D eigenvalue weighted by Crippen LogP contribution is -2.14. The van der Waals surface area contributed by atoms with Crippen molar-refractivity contribution >= 4 is 34.5 Å². The number of anilines is 1. The van der Waals surface area contributed by atoms with E-state index in [2.05, 4.69) is 17.2 Å². The van der Waals surface area contributed by atoms with Gasteiger partial charge in [0, 0.05) is 5.56 Å². The number of aliphatic hydroxyl groups is 1. The molecule has 3 nitrogen and oxygen atoms in total. The first-order valence-electron chi connectivity index (χ1n) is 5.89. The van der Waals surface area contributed by atoms with Crippen molar-refractivity contribution in [3.63, 3.8) is 0 Å². The van der Waals surface area contributed by atoms with Crippen LogP contribution in [-0.4, -0.2) is 17.6 Å². The summed E-state index contributed by atoms with van der Waals surface area (Å²) >= 11 is 7.60. The number of hydrogen-bond acceptors (Lipinski definition) is 3. The summed E-state index contributed by atoms with van der Waals surface area (Å²) < 4.78 is 0. The van der Waals surface area contributed by atoms with E-state index < -0.39 is 0 Å². The molecule has 1 amide bonds. The molecule has 20 heavy (non-hydrogen) atoms. The Morgan fingerprint density at radius 1 is 1.40 bits per heavy atom. The van der Waals surface area contributed by atoms with Gasteiger partial charge in [0.1, 0.15) is 6.61 Å². The van der Waals surface area contributed by atoms with E-state index in [-0.39, 0.29) is 12.5 Å². The fraction of sp³-hybridized carbons (Fsp3) is 0.133. The fourth-order valence-electron chi connectivity index (χ4n) is 1.61. The summed E-state index contributed by atoms with van der Waals surface area (Å²) in [5.74, 6) is 5.20. The topological polar surface area (TPSA) is 49.3 Å². The highest BCUT2D eigenvalue weighted by Crippen LogP contribution is 2.23. The van der Waals surface area contributed by atoms with Crippen LogP contribution in [0.3, 0.4) is 0 Å². The first-order chi connectivity index (χ1) is 9.69. The van der Waals surface area contributed by atoms with Crippen LogP contribution in [0.5, 0.6) is 0 Å². The highest BCUT2D eigenvalue weighted by molar-refractivity contribution is 7.08. The van der Waals surface area contributed by atoms with E-state index in [1.54, 1.807) is 29.5 Å². The van der Waals surface area contributed by atoms with Crippen molar-refractivity contribution in [2.75, 3.05) is 11.9 Å². The van der Waals surface area contributed by atoms with Gasteiger partial charge < -0.3 is 10.4 Å². The molecule has 1 aromatic heterocycles. The maximum atomic E-state index is 11.9. The summed E-state index contributed by atoms with van der Waals surface area (Å²) in [7, 11) is 0. The number of nitrogens with one attached hydrogen (secondary N) is 1. The van der Waals surface area contributed by atoms with E-state index in [0.717, 1.165) is 5.56 Å². The third kappa shape index (κ3) is 4.10. The summed E-state index contributed by atoms with van der Waals surface area (Å²) in [6.45, 7) is -0.206. The summed E-state index contributed by atoms with van der Waals surface area (Å²) in [5.41, 5.74) is 2.19. The number of aliphatic hydroxyl groups excluding tert-OH is 1. The lowest BCUT2D eigenvalue weighted by atomic mass is 10.2. The van der Waals surface area contributed by atoms with E-state index >= 15 is 0 Å². The molecule has 2 N–H and O–H groups in total. The maximum Gasteiger partial charge on any atom is 0.228 e. The molecular weight excluding hydrogens is 294 g/mol. The first kappa shape index (κ1) is 14.6. The zero-order chi connectivity index (χ0) is 14.4. The molecule has 1 heterocycles. The third-order valence-corrected chi connectivity index (χ3v) is 3.56. The van der Waals surface area contributed by atoms with Gasteiger partial charge >= 0.3 is 0 Å². The number of rotatable bonds is 3. The average Bonchev–Trinajstić information content (AvgIpc) is 2.92. The SMILES string of the molecule is O=C(Cc1ccsc1)Nc1cc(C#CCO)ccc1Cl. The lowest BCUT2D eigenvalue weighted by Gasteiger charge is -2.07. The minimum absolute atomic E-state index is 0.127. The van der Waals surface area contributed by atoms with E-state index in [4.69, 9.17) is 16.7 Å². The second-order valence-electron chi connectivity index (χ2n) is 4.01. The molecule has 0 fully saturated rings. The molecule has 2 rings (SSSR count). The summed E-state index contributed by atoms with van der Waals surface area (Å²) in [6, 6.07) is 7.01. The van der Waals surface area contributed by atoms with E-state index in [1.807, 2.05) is 16.8 Å². The largest absolute Gasteiger partial charge is 0.384 e. The number of amides is 1. The quantitative estimate of drug-likeness (QED) is 0.857. The molecule has 0 unspecified atom stereocenters. The number of benzene rings is 1. The predicted octanol–water partition coefficient (Wildman–Crippen LogP) is 2.93. The van der Waals surface area contributed by atoms with Crippen molar-refractivity contribution in [2.45, 2.75) is 6.42 Å². The van der Waals surface area contributed by atoms with Gasteiger partial charge in [0.05, 0.1) is 17.1 Å². The average molecular weight is 306 g/mol. The Bertz CT molecular complexity index is 656. The number of carbonyl (C=O) groups excluding carboxylic acids is 1. The maximum absolute atomic E-state index is 11.9. The Morgan fingerprint density at radius 2 is 2.25 bits per heavy atom. The minimum atomic E-state index is -0.206. The van der Waals surface area contributed by atoms with Crippen molar-refractivity contribution in [3.8, 4) is 11.8 Å². The zero-order valence-corrected chi connectivity index (χ0v) is 12.1. The van der Waals surface area contributed by atoms with Crippen LogP contribution in [0.25, 0.3) is 0 Å². The number of halogens is 1. The number of carbonyl (C=O) groups is 1. The molecule has 0 saturated carbocycles. The molecule has 0 aliphatic carbocycles. The molecule has 0 bridgehead atoms. The van der Waals surface area contributed by atoms with Crippen molar-refractivity contribution in [3.05, 3.63) is 51.2 Å². The molecule has 0 radical (unpaired) electrons. The van der Waals surface area contributed by atoms with E-state index in [0.29, 0.717) is 22.7 Å². The van der Waals surface area contributed by atoms with Gasteiger partial charge in [0.25, 0.3) is 0 Å². The van der Waals surface area contributed by atoms with Crippen LogP contribution >= 0.6 is 22.9 Å². The van der Waals surface area contributed by atoms with Crippen LogP contribution in [-0.2, 0) is 11.2 Å². The molecule has 2 aromatic rings. The van der Waals surface area contributed by atoms with Crippen molar-refractivity contribution in [2.24, 2.45) is 0 Å². The predicted molar refractivity (Wildman–Crippen MR) is 82.1 cm³/mol. The van der Waals surface area contributed by atoms with Crippen LogP contribution in [0.2, 0.25) is 5.02 Å². The molecule has 0 atom stereocenters. The van der Waals surface area contributed by atoms with Gasteiger partial charge in [0.2, 0.25) is 5.91 Å². The van der Waals surface area contributed by atoms with Gasteiger partial charge in [-0.05, 0) is 40.6 Å². The summed E-state index contributed by atoms with van der Waals surface area (Å²) in [6.07, 6.45) is 0.312. The Labute approximate surface area is 126 Å². The van der Waals surface area contributed by atoms with Crippen LogP contribution in [0, 0.1) is 11.8 Å². The molecule has 5 heteroatoms.